The number of nitrogens with two attached hydrogens (primary N) is 1. The van der Waals surface area contributed by atoms with E-state index < -0.39 is 0 Å². The number of aromatic nitrogens is 1. The Balaban J connectivity index is 0.00000144. The topological polar surface area (TPSA) is 62.1 Å². The molecule has 0 radical (unpaired) electrons. The van der Waals surface area contributed by atoms with Gasteiger partial charge in [-0.3, -0.25) is 4.79 Å². The Hall–Kier alpha value is -1.00. The number of nitrogens with one attached hydrogen (secondary N) is 1. The zero-order chi connectivity index (χ0) is 11.5. The van der Waals surface area contributed by atoms with Gasteiger partial charge in [-0.25, -0.2) is 0 Å². The molecule has 0 aromatic carbocycles. The van der Waals surface area contributed by atoms with Crippen LogP contribution in [-0.2, 0) is 0 Å². The van der Waals surface area contributed by atoms with Crippen LogP contribution in [0, 0.1) is 5.92 Å². The van der Waals surface area contributed by atoms with Crippen LogP contribution < -0.4 is 5.73 Å². The third kappa shape index (κ3) is 3.01. The van der Waals surface area contributed by atoms with E-state index in [9.17, 15) is 4.79 Å². The standard InChI is InChI=1S/C12H19N3O.ClH/c1-9-4-6-15(10(7-9)8-13)12(16)11-3-2-5-14-11;/h2-3,5,9-10,14H,4,6-8,13H2,1H3;1H. The number of carbonyl (C=O) groups is 1. The van der Waals surface area contributed by atoms with Crippen molar-refractivity contribution in [1.82, 2.24) is 9.88 Å². The molecule has 1 aliphatic rings. The van der Waals surface area contributed by atoms with Gasteiger partial charge >= 0.3 is 0 Å². The Kier molecular flexibility index (Phi) is 5.02. The van der Waals surface area contributed by atoms with Crippen LogP contribution in [0.15, 0.2) is 18.3 Å². The quantitative estimate of drug-likeness (QED) is 0.846. The lowest BCUT2D eigenvalue weighted by atomic mass is 9.92. The number of aromatic amines is 1. The maximum Gasteiger partial charge on any atom is 0.270 e. The summed E-state index contributed by atoms with van der Waals surface area (Å²) >= 11 is 0. The fourth-order valence-electron chi connectivity index (χ4n) is 2.36. The first kappa shape index (κ1) is 14.1. The second-order valence-electron chi connectivity index (χ2n) is 4.60. The van der Waals surface area contributed by atoms with E-state index in [0.717, 1.165) is 19.4 Å². The predicted molar refractivity (Wildman–Crippen MR) is 70.3 cm³/mol. The number of amides is 1. The first-order valence-corrected chi connectivity index (χ1v) is 5.86. The van der Waals surface area contributed by atoms with E-state index in [1.54, 1.807) is 6.20 Å². The van der Waals surface area contributed by atoms with Gasteiger partial charge in [0, 0.05) is 25.3 Å². The number of hydrogen-bond donors (Lipinski definition) is 2. The van der Waals surface area contributed by atoms with E-state index in [-0.39, 0.29) is 24.4 Å². The van der Waals surface area contributed by atoms with Crippen molar-refractivity contribution < 1.29 is 4.79 Å². The van der Waals surface area contributed by atoms with Crippen LogP contribution in [-0.4, -0.2) is 34.9 Å². The first-order chi connectivity index (χ1) is 7.72. The maximum absolute atomic E-state index is 12.2. The molecule has 1 saturated heterocycles. The van der Waals surface area contributed by atoms with E-state index in [1.165, 1.54) is 0 Å². The summed E-state index contributed by atoms with van der Waals surface area (Å²) in [6.45, 7) is 3.59. The molecule has 1 aromatic heterocycles. The molecule has 2 heterocycles. The zero-order valence-corrected chi connectivity index (χ0v) is 10.9. The highest BCUT2D eigenvalue weighted by Crippen LogP contribution is 2.23. The Bertz CT molecular complexity index is 353. The van der Waals surface area contributed by atoms with Gasteiger partial charge in [0.2, 0.25) is 0 Å². The zero-order valence-electron chi connectivity index (χ0n) is 10.1. The van der Waals surface area contributed by atoms with Gasteiger partial charge in [0.1, 0.15) is 5.69 Å². The number of piperidine rings is 1. The van der Waals surface area contributed by atoms with E-state index >= 15 is 0 Å². The number of nitrogens with zero attached hydrogens (tertiary/aromatic N) is 1. The second kappa shape index (κ2) is 6.07. The smallest absolute Gasteiger partial charge is 0.270 e. The highest BCUT2D eigenvalue weighted by atomic mass is 35.5. The number of rotatable bonds is 2. The highest BCUT2D eigenvalue weighted by Gasteiger charge is 2.29. The second-order valence-corrected chi connectivity index (χ2v) is 4.60. The third-order valence-electron chi connectivity index (χ3n) is 3.34. The van der Waals surface area contributed by atoms with Crippen LogP contribution >= 0.6 is 12.4 Å². The Morgan fingerprint density at radius 1 is 1.65 bits per heavy atom. The lowest BCUT2D eigenvalue weighted by Gasteiger charge is -2.37. The average molecular weight is 258 g/mol. The summed E-state index contributed by atoms with van der Waals surface area (Å²) in [6.07, 6.45) is 3.86. The molecular weight excluding hydrogens is 238 g/mol. The Morgan fingerprint density at radius 3 is 3.00 bits per heavy atom. The van der Waals surface area contributed by atoms with E-state index in [4.69, 9.17) is 5.73 Å². The fraction of sp³-hybridized carbons (Fsp3) is 0.583. The largest absolute Gasteiger partial charge is 0.357 e. The van der Waals surface area contributed by atoms with Gasteiger partial charge in [-0.05, 0) is 30.9 Å². The summed E-state index contributed by atoms with van der Waals surface area (Å²) < 4.78 is 0. The molecule has 2 unspecified atom stereocenters. The highest BCUT2D eigenvalue weighted by molar-refractivity contribution is 5.92. The SMILES string of the molecule is CC1CCN(C(=O)c2ccc[nH]2)C(CN)C1.Cl. The van der Waals surface area contributed by atoms with Gasteiger partial charge in [0.15, 0.2) is 0 Å². The van der Waals surface area contributed by atoms with Crippen LogP contribution in [0.25, 0.3) is 0 Å². The minimum atomic E-state index is 0. The molecule has 0 aliphatic carbocycles. The summed E-state index contributed by atoms with van der Waals surface area (Å²) in [6, 6.07) is 3.85. The fourth-order valence-corrected chi connectivity index (χ4v) is 2.36. The van der Waals surface area contributed by atoms with E-state index in [2.05, 4.69) is 11.9 Å². The van der Waals surface area contributed by atoms with Crippen molar-refractivity contribution in [2.45, 2.75) is 25.8 Å². The predicted octanol–water partition coefficient (Wildman–Crippen LogP) is 1.64. The molecule has 1 amide bonds. The van der Waals surface area contributed by atoms with Crippen LogP contribution in [0.2, 0.25) is 0 Å². The number of H-pyrrole nitrogens is 1. The molecule has 3 N–H and O–H groups in total. The lowest BCUT2D eigenvalue weighted by molar-refractivity contribution is 0.0568. The van der Waals surface area contributed by atoms with Crippen molar-refractivity contribution in [2.24, 2.45) is 11.7 Å². The van der Waals surface area contributed by atoms with Crippen molar-refractivity contribution in [3.05, 3.63) is 24.0 Å². The lowest BCUT2D eigenvalue weighted by Crippen LogP contribution is -2.49. The van der Waals surface area contributed by atoms with Crippen molar-refractivity contribution in [3.8, 4) is 0 Å². The van der Waals surface area contributed by atoms with Crippen LogP contribution in [0.5, 0.6) is 0 Å². The molecule has 2 atom stereocenters. The summed E-state index contributed by atoms with van der Waals surface area (Å²) in [5.41, 5.74) is 6.40. The van der Waals surface area contributed by atoms with Gasteiger partial charge in [0.25, 0.3) is 5.91 Å². The molecular formula is C12H20ClN3O. The van der Waals surface area contributed by atoms with Crippen LogP contribution in [0.4, 0.5) is 0 Å². The molecule has 5 heteroatoms. The number of hydrogen-bond acceptors (Lipinski definition) is 2. The number of carbonyl (C=O) groups excluding carboxylic acids is 1. The molecule has 1 fully saturated rings. The average Bonchev–Trinajstić information content (AvgIpc) is 2.81. The van der Waals surface area contributed by atoms with Gasteiger partial charge in [-0.1, -0.05) is 6.92 Å². The summed E-state index contributed by atoms with van der Waals surface area (Å²) in [5.74, 6) is 0.744. The van der Waals surface area contributed by atoms with E-state index in [1.807, 2.05) is 17.0 Å². The minimum Gasteiger partial charge on any atom is -0.357 e. The minimum absolute atomic E-state index is 0. The van der Waals surface area contributed by atoms with E-state index in [0.29, 0.717) is 18.2 Å². The maximum atomic E-state index is 12.2. The van der Waals surface area contributed by atoms with Crippen molar-refractivity contribution in [1.29, 1.82) is 0 Å². The first-order valence-electron chi connectivity index (χ1n) is 5.86. The normalized spacial score (nSPS) is 24.2. The van der Waals surface area contributed by atoms with Gasteiger partial charge in [0.05, 0.1) is 0 Å². The summed E-state index contributed by atoms with van der Waals surface area (Å²) in [5, 5.41) is 0. The van der Waals surface area contributed by atoms with Crippen molar-refractivity contribution in [2.75, 3.05) is 13.1 Å². The summed E-state index contributed by atoms with van der Waals surface area (Å²) in [4.78, 5) is 17.0. The number of likely N-dealkylation sites (tertiary alicyclic amines) is 1. The molecule has 0 spiro atoms. The molecule has 17 heavy (non-hydrogen) atoms. The number of halogens is 1. The molecule has 96 valence electrons. The Labute approximate surface area is 108 Å². The molecule has 1 aromatic rings. The molecule has 1 aliphatic heterocycles. The molecule has 0 saturated carbocycles. The van der Waals surface area contributed by atoms with Crippen LogP contribution in [0.3, 0.4) is 0 Å². The van der Waals surface area contributed by atoms with Gasteiger partial charge in [-0.15, -0.1) is 12.4 Å². The Morgan fingerprint density at radius 2 is 2.41 bits per heavy atom. The van der Waals surface area contributed by atoms with Crippen molar-refractivity contribution >= 4 is 18.3 Å². The van der Waals surface area contributed by atoms with Crippen molar-refractivity contribution in [3.63, 3.8) is 0 Å². The van der Waals surface area contributed by atoms with Crippen LogP contribution in [0.1, 0.15) is 30.3 Å². The molecule has 4 nitrogen and oxygen atoms in total. The van der Waals surface area contributed by atoms with Gasteiger partial charge < -0.3 is 15.6 Å². The monoisotopic (exact) mass is 257 g/mol. The molecule has 0 bridgehead atoms. The van der Waals surface area contributed by atoms with Gasteiger partial charge in [-0.2, -0.15) is 0 Å². The third-order valence-corrected chi connectivity index (χ3v) is 3.34. The molecule has 2 rings (SSSR count). The summed E-state index contributed by atoms with van der Waals surface area (Å²) in [7, 11) is 0.